The number of hydrogen-bond acceptors (Lipinski definition) is 2. The van der Waals surface area contributed by atoms with Gasteiger partial charge in [-0.3, -0.25) is 4.90 Å². The normalized spacial score (nSPS) is 28.9. The summed E-state index contributed by atoms with van der Waals surface area (Å²) in [4.78, 5) is 2.71. The van der Waals surface area contributed by atoms with Crippen LogP contribution < -0.4 is 0 Å². The largest absolute Gasteiger partial charge is 0.508 e. The number of aromatic hydroxyl groups is 1. The van der Waals surface area contributed by atoms with Gasteiger partial charge < -0.3 is 5.11 Å². The average Bonchev–Trinajstić information content (AvgIpc) is 3.07. The molecule has 4 rings (SSSR count). The topological polar surface area (TPSA) is 23.5 Å². The van der Waals surface area contributed by atoms with Crippen molar-refractivity contribution < 1.29 is 5.11 Å². The molecule has 0 amide bonds. The summed E-state index contributed by atoms with van der Waals surface area (Å²) in [5, 5.41) is 9.62. The van der Waals surface area contributed by atoms with Crippen molar-refractivity contribution in [2.24, 2.45) is 5.41 Å². The molecule has 0 aromatic heterocycles. The number of aryl methyl sites for hydroxylation is 1. The molecule has 1 aliphatic heterocycles. The molecule has 1 aromatic rings. The molecule has 2 aliphatic carbocycles. The first kappa shape index (κ1) is 12.7. The van der Waals surface area contributed by atoms with Crippen LogP contribution in [0.5, 0.6) is 5.75 Å². The lowest BCUT2D eigenvalue weighted by atomic mass is 9.76. The van der Waals surface area contributed by atoms with E-state index in [1.54, 1.807) is 0 Å². The van der Waals surface area contributed by atoms with Gasteiger partial charge in [-0.15, -0.1) is 0 Å². The van der Waals surface area contributed by atoms with Crippen molar-refractivity contribution in [3.8, 4) is 5.75 Å². The van der Waals surface area contributed by atoms with Gasteiger partial charge in [-0.25, -0.2) is 0 Å². The second-order valence-electron chi connectivity index (χ2n) is 7.18. The highest BCUT2D eigenvalue weighted by Gasteiger charge is 2.39. The summed E-state index contributed by atoms with van der Waals surface area (Å²) in [6, 6.07) is 6.60. The lowest BCUT2D eigenvalue weighted by Gasteiger charge is -2.42. The Morgan fingerprint density at radius 1 is 1.05 bits per heavy atom. The zero-order valence-electron chi connectivity index (χ0n) is 12.3. The van der Waals surface area contributed by atoms with Crippen LogP contribution in [0.4, 0.5) is 0 Å². The molecule has 1 heterocycles. The molecule has 1 aromatic carbocycles. The molecular weight excluding hydrogens is 246 g/mol. The third kappa shape index (κ3) is 2.05. The van der Waals surface area contributed by atoms with E-state index < -0.39 is 0 Å². The molecule has 1 atom stereocenters. The Morgan fingerprint density at radius 3 is 2.55 bits per heavy atom. The van der Waals surface area contributed by atoms with E-state index in [1.165, 1.54) is 69.2 Å². The molecule has 1 unspecified atom stereocenters. The first-order chi connectivity index (χ1) is 9.76. The number of benzene rings is 1. The SMILES string of the molecule is Oc1ccc2c(c1)CCC2N1CCC2(CCCC2)CC1. The Kier molecular flexibility index (Phi) is 3.03. The van der Waals surface area contributed by atoms with Crippen LogP contribution in [0.2, 0.25) is 0 Å². The van der Waals surface area contributed by atoms with Gasteiger partial charge >= 0.3 is 0 Å². The fraction of sp³-hybridized carbons (Fsp3) is 0.667. The van der Waals surface area contributed by atoms with E-state index in [0.717, 1.165) is 6.42 Å². The third-order valence-electron chi connectivity index (χ3n) is 6.14. The van der Waals surface area contributed by atoms with Gasteiger partial charge in [0, 0.05) is 6.04 Å². The van der Waals surface area contributed by atoms with Crippen LogP contribution in [-0.4, -0.2) is 23.1 Å². The van der Waals surface area contributed by atoms with Crippen molar-refractivity contribution >= 4 is 0 Å². The summed E-state index contributed by atoms with van der Waals surface area (Å²) in [5.41, 5.74) is 3.56. The molecule has 0 radical (unpaired) electrons. The lowest BCUT2D eigenvalue weighted by molar-refractivity contribution is 0.0758. The Bertz CT molecular complexity index is 494. The van der Waals surface area contributed by atoms with Crippen LogP contribution in [0.3, 0.4) is 0 Å². The highest BCUT2D eigenvalue weighted by atomic mass is 16.3. The van der Waals surface area contributed by atoms with Gasteiger partial charge in [0.1, 0.15) is 5.75 Å². The highest BCUT2D eigenvalue weighted by molar-refractivity contribution is 5.40. The Morgan fingerprint density at radius 2 is 1.80 bits per heavy atom. The molecule has 1 saturated carbocycles. The summed E-state index contributed by atoms with van der Waals surface area (Å²) in [5.74, 6) is 0.424. The lowest BCUT2D eigenvalue weighted by Crippen LogP contribution is -2.40. The van der Waals surface area contributed by atoms with Gasteiger partial charge in [-0.1, -0.05) is 18.9 Å². The molecule has 1 N–H and O–H groups in total. The van der Waals surface area contributed by atoms with E-state index in [-0.39, 0.29) is 0 Å². The molecule has 2 fully saturated rings. The fourth-order valence-corrected chi connectivity index (χ4v) is 4.90. The predicted molar refractivity (Wildman–Crippen MR) is 80.9 cm³/mol. The number of rotatable bonds is 1. The molecule has 0 bridgehead atoms. The summed E-state index contributed by atoms with van der Waals surface area (Å²) in [6.07, 6.45) is 11.1. The molecule has 1 saturated heterocycles. The Balaban J connectivity index is 1.48. The summed E-state index contributed by atoms with van der Waals surface area (Å²) in [7, 11) is 0. The third-order valence-corrected chi connectivity index (χ3v) is 6.14. The van der Waals surface area contributed by atoms with Crippen LogP contribution in [0, 0.1) is 5.41 Å². The van der Waals surface area contributed by atoms with Gasteiger partial charge in [0.2, 0.25) is 0 Å². The molecule has 108 valence electrons. The first-order valence-corrected chi connectivity index (χ1v) is 8.32. The minimum atomic E-state index is 0.424. The van der Waals surface area contributed by atoms with Gasteiger partial charge in [0.05, 0.1) is 0 Å². The zero-order chi connectivity index (χ0) is 13.6. The summed E-state index contributed by atoms with van der Waals surface area (Å²) in [6.45, 7) is 2.57. The van der Waals surface area contributed by atoms with Gasteiger partial charge in [-0.05, 0) is 80.3 Å². The van der Waals surface area contributed by atoms with Crippen molar-refractivity contribution in [3.05, 3.63) is 29.3 Å². The van der Waals surface area contributed by atoms with Crippen molar-refractivity contribution in [2.75, 3.05) is 13.1 Å². The second kappa shape index (κ2) is 4.77. The highest BCUT2D eigenvalue weighted by Crippen LogP contribution is 2.48. The number of fused-ring (bicyclic) bond motifs is 1. The maximum absolute atomic E-state index is 9.62. The first-order valence-electron chi connectivity index (χ1n) is 8.32. The maximum Gasteiger partial charge on any atom is 0.115 e. The monoisotopic (exact) mass is 271 g/mol. The van der Waals surface area contributed by atoms with Crippen LogP contribution in [0.15, 0.2) is 18.2 Å². The average molecular weight is 271 g/mol. The smallest absolute Gasteiger partial charge is 0.115 e. The van der Waals surface area contributed by atoms with Crippen molar-refractivity contribution in [1.82, 2.24) is 4.90 Å². The van der Waals surface area contributed by atoms with Gasteiger partial charge in [0.15, 0.2) is 0 Å². The quantitative estimate of drug-likeness (QED) is 0.833. The van der Waals surface area contributed by atoms with Crippen LogP contribution in [-0.2, 0) is 6.42 Å². The standard InChI is InChI=1S/C18H25NO/c20-15-4-5-16-14(13-15)3-6-17(16)19-11-9-18(10-12-19)7-1-2-8-18/h4-5,13,17,20H,1-3,6-12H2. The number of hydrogen-bond donors (Lipinski definition) is 1. The Hall–Kier alpha value is -1.02. The second-order valence-corrected chi connectivity index (χ2v) is 7.18. The van der Waals surface area contributed by atoms with Crippen LogP contribution in [0.1, 0.15) is 62.1 Å². The molecule has 2 nitrogen and oxygen atoms in total. The summed E-state index contributed by atoms with van der Waals surface area (Å²) < 4.78 is 0. The van der Waals surface area contributed by atoms with Crippen LogP contribution >= 0.6 is 0 Å². The van der Waals surface area contributed by atoms with E-state index >= 15 is 0 Å². The fourth-order valence-electron chi connectivity index (χ4n) is 4.90. The molecule has 1 spiro atoms. The molecule has 2 heteroatoms. The maximum atomic E-state index is 9.62. The number of phenols is 1. The van der Waals surface area contributed by atoms with Crippen molar-refractivity contribution in [3.63, 3.8) is 0 Å². The van der Waals surface area contributed by atoms with Crippen molar-refractivity contribution in [2.45, 2.75) is 57.4 Å². The number of nitrogens with zero attached hydrogens (tertiary/aromatic N) is 1. The predicted octanol–water partition coefficient (Wildman–Crippen LogP) is 4.04. The van der Waals surface area contributed by atoms with E-state index in [2.05, 4.69) is 11.0 Å². The van der Waals surface area contributed by atoms with Gasteiger partial charge in [0.25, 0.3) is 0 Å². The Labute approximate surface area is 121 Å². The minimum Gasteiger partial charge on any atom is -0.508 e. The zero-order valence-corrected chi connectivity index (χ0v) is 12.3. The number of piperidine rings is 1. The molecule has 3 aliphatic rings. The summed E-state index contributed by atoms with van der Waals surface area (Å²) >= 11 is 0. The molecular formula is C18H25NO. The molecule has 20 heavy (non-hydrogen) atoms. The van der Waals surface area contributed by atoms with Gasteiger partial charge in [-0.2, -0.15) is 0 Å². The minimum absolute atomic E-state index is 0.424. The van der Waals surface area contributed by atoms with E-state index in [0.29, 0.717) is 17.2 Å². The van der Waals surface area contributed by atoms with Crippen molar-refractivity contribution in [1.29, 1.82) is 0 Å². The number of phenolic OH excluding ortho intramolecular Hbond substituents is 1. The van der Waals surface area contributed by atoms with E-state index in [1.807, 2.05) is 12.1 Å². The number of likely N-dealkylation sites (tertiary alicyclic amines) is 1. The van der Waals surface area contributed by atoms with Crippen LogP contribution in [0.25, 0.3) is 0 Å². The van der Waals surface area contributed by atoms with E-state index in [9.17, 15) is 5.11 Å². The van der Waals surface area contributed by atoms with E-state index in [4.69, 9.17) is 0 Å².